The third kappa shape index (κ3) is 2.17. The third-order valence-electron chi connectivity index (χ3n) is 1.87. The van der Waals surface area contributed by atoms with Crippen LogP contribution >= 0.6 is 12.4 Å². The van der Waals surface area contributed by atoms with E-state index in [1.807, 2.05) is 30.5 Å². The molecule has 0 aliphatic rings. The van der Waals surface area contributed by atoms with Gasteiger partial charge in [-0.25, -0.2) is 0 Å². The lowest BCUT2D eigenvalue weighted by atomic mass is 10.1. The van der Waals surface area contributed by atoms with Crippen LogP contribution < -0.4 is 6.15 Å². The van der Waals surface area contributed by atoms with Gasteiger partial charge in [-0.1, -0.05) is 18.2 Å². The first kappa shape index (κ1) is 11.9. The molecule has 2 nitrogen and oxygen atoms in total. The molecule has 13 heavy (non-hydrogen) atoms. The van der Waals surface area contributed by atoms with E-state index in [2.05, 4.69) is 18.0 Å². The summed E-state index contributed by atoms with van der Waals surface area (Å²) < 4.78 is 0. The monoisotopic (exact) mass is 196 g/mol. The summed E-state index contributed by atoms with van der Waals surface area (Å²) in [6, 6.07) is 10.2. The molecular formula is C10H13ClN2. The van der Waals surface area contributed by atoms with Gasteiger partial charge in [0.05, 0.1) is 5.52 Å². The summed E-state index contributed by atoms with van der Waals surface area (Å²) >= 11 is 0. The van der Waals surface area contributed by atoms with Crippen LogP contribution in [0.2, 0.25) is 0 Å². The second-order valence-electron chi connectivity index (χ2n) is 2.64. The first-order chi connectivity index (χ1) is 5.38. The SMILES string of the molecule is Cc1ccnc2ccccc12.Cl.N. The van der Waals surface area contributed by atoms with Crippen LogP contribution in [0.15, 0.2) is 36.5 Å². The zero-order valence-electron chi connectivity index (χ0n) is 7.53. The molecule has 0 unspecified atom stereocenters. The van der Waals surface area contributed by atoms with Gasteiger partial charge in [0.15, 0.2) is 0 Å². The van der Waals surface area contributed by atoms with Gasteiger partial charge in [-0.3, -0.25) is 4.98 Å². The van der Waals surface area contributed by atoms with Crippen molar-refractivity contribution < 1.29 is 0 Å². The minimum absolute atomic E-state index is 0. The quantitative estimate of drug-likeness (QED) is 0.704. The minimum Gasteiger partial charge on any atom is -0.344 e. The van der Waals surface area contributed by atoms with Crippen LogP contribution in [-0.4, -0.2) is 4.98 Å². The molecule has 3 N–H and O–H groups in total. The average Bonchev–Trinajstić information content (AvgIpc) is 2.06. The Kier molecular flexibility index (Phi) is 4.38. The number of hydrogen-bond donors (Lipinski definition) is 1. The molecule has 0 spiro atoms. The Labute approximate surface area is 84.0 Å². The molecule has 0 saturated carbocycles. The maximum atomic E-state index is 4.24. The van der Waals surface area contributed by atoms with Crippen molar-refractivity contribution in [2.24, 2.45) is 0 Å². The molecule has 3 heteroatoms. The predicted molar refractivity (Wildman–Crippen MR) is 58.8 cm³/mol. The average molecular weight is 197 g/mol. The number of nitrogens with zero attached hydrogens (tertiary/aromatic N) is 1. The number of rotatable bonds is 0. The second-order valence-corrected chi connectivity index (χ2v) is 2.64. The van der Waals surface area contributed by atoms with Crippen LogP contribution in [0.4, 0.5) is 0 Å². The summed E-state index contributed by atoms with van der Waals surface area (Å²) in [5, 5.41) is 1.25. The van der Waals surface area contributed by atoms with Crippen molar-refractivity contribution in [3.8, 4) is 0 Å². The normalized spacial score (nSPS) is 8.69. The molecular weight excluding hydrogens is 184 g/mol. The fourth-order valence-corrected chi connectivity index (χ4v) is 1.24. The Morgan fingerprint density at radius 3 is 2.46 bits per heavy atom. The Morgan fingerprint density at radius 2 is 1.77 bits per heavy atom. The van der Waals surface area contributed by atoms with Crippen molar-refractivity contribution in [3.63, 3.8) is 0 Å². The Balaban J connectivity index is 0.000000720. The molecule has 70 valence electrons. The summed E-state index contributed by atoms with van der Waals surface area (Å²) in [4.78, 5) is 4.24. The van der Waals surface area contributed by atoms with E-state index in [1.165, 1.54) is 10.9 Å². The molecule has 0 amide bonds. The zero-order valence-corrected chi connectivity index (χ0v) is 8.34. The van der Waals surface area contributed by atoms with E-state index in [0.29, 0.717) is 0 Å². The molecule has 0 fully saturated rings. The highest BCUT2D eigenvalue weighted by atomic mass is 35.5. The highest BCUT2D eigenvalue weighted by Gasteiger charge is 1.93. The summed E-state index contributed by atoms with van der Waals surface area (Å²) in [6.07, 6.45) is 1.84. The molecule has 0 atom stereocenters. The van der Waals surface area contributed by atoms with E-state index in [9.17, 15) is 0 Å². The highest BCUT2D eigenvalue weighted by molar-refractivity contribution is 5.85. The van der Waals surface area contributed by atoms with Gasteiger partial charge in [-0.15, -0.1) is 12.4 Å². The van der Waals surface area contributed by atoms with Crippen LogP contribution in [-0.2, 0) is 0 Å². The topological polar surface area (TPSA) is 47.9 Å². The number of aryl methyl sites for hydroxylation is 1. The third-order valence-corrected chi connectivity index (χ3v) is 1.87. The number of aromatic nitrogens is 1. The van der Waals surface area contributed by atoms with Gasteiger partial charge in [-0.05, 0) is 24.6 Å². The van der Waals surface area contributed by atoms with E-state index in [-0.39, 0.29) is 18.6 Å². The van der Waals surface area contributed by atoms with Gasteiger partial charge in [0, 0.05) is 11.6 Å². The maximum absolute atomic E-state index is 4.24. The van der Waals surface area contributed by atoms with Gasteiger partial charge in [0.2, 0.25) is 0 Å². The molecule has 2 aromatic rings. The molecule has 2 rings (SSSR count). The lowest BCUT2D eigenvalue weighted by Gasteiger charge is -1.97. The van der Waals surface area contributed by atoms with Gasteiger partial charge in [0.1, 0.15) is 0 Å². The Bertz CT molecular complexity index is 382. The summed E-state index contributed by atoms with van der Waals surface area (Å²) in [5.74, 6) is 0. The summed E-state index contributed by atoms with van der Waals surface area (Å²) in [5.41, 5.74) is 2.36. The fraction of sp³-hybridized carbons (Fsp3) is 0.100. The zero-order chi connectivity index (χ0) is 7.68. The van der Waals surface area contributed by atoms with Gasteiger partial charge in [-0.2, -0.15) is 0 Å². The van der Waals surface area contributed by atoms with E-state index < -0.39 is 0 Å². The minimum atomic E-state index is 0. The standard InChI is InChI=1S/C10H9N.ClH.H3N/c1-8-6-7-11-10-5-3-2-4-9(8)10;;/h2-7H,1H3;1H;1H3. The van der Waals surface area contributed by atoms with Gasteiger partial charge in [0.25, 0.3) is 0 Å². The summed E-state index contributed by atoms with van der Waals surface area (Å²) in [7, 11) is 0. The van der Waals surface area contributed by atoms with E-state index >= 15 is 0 Å². The molecule has 1 aromatic carbocycles. The molecule has 0 aliphatic carbocycles. The first-order valence-corrected chi connectivity index (χ1v) is 3.68. The Hall–Kier alpha value is -1.12. The van der Waals surface area contributed by atoms with Crippen molar-refractivity contribution >= 4 is 23.3 Å². The molecule has 0 aliphatic heterocycles. The molecule has 1 aromatic heterocycles. The number of para-hydroxylation sites is 1. The van der Waals surface area contributed by atoms with Gasteiger partial charge >= 0.3 is 0 Å². The second kappa shape index (κ2) is 4.80. The van der Waals surface area contributed by atoms with Crippen LogP contribution in [0.3, 0.4) is 0 Å². The number of halogens is 1. The Morgan fingerprint density at radius 1 is 1.08 bits per heavy atom. The molecule has 1 heterocycles. The number of hydrogen-bond acceptors (Lipinski definition) is 2. The predicted octanol–water partition coefficient (Wildman–Crippen LogP) is 3.13. The van der Waals surface area contributed by atoms with Crippen LogP contribution in [0.5, 0.6) is 0 Å². The van der Waals surface area contributed by atoms with E-state index in [1.54, 1.807) is 0 Å². The number of fused-ring (bicyclic) bond motifs is 1. The van der Waals surface area contributed by atoms with E-state index in [4.69, 9.17) is 0 Å². The fourth-order valence-electron chi connectivity index (χ4n) is 1.24. The first-order valence-electron chi connectivity index (χ1n) is 3.68. The van der Waals surface area contributed by atoms with Crippen molar-refractivity contribution in [2.45, 2.75) is 6.92 Å². The summed E-state index contributed by atoms with van der Waals surface area (Å²) in [6.45, 7) is 2.10. The molecule has 0 saturated heterocycles. The highest BCUT2D eigenvalue weighted by Crippen LogP contribution is 2.13. The van der Waals surface area contributed by atoms with Crippen molar-refractivity contribution in [2.75, 3.05) is 0 Å². The molecule has 0 bridgehead atoms. The lowest BCUT2D eigenvalue weighted by Crippen LogP contribution is -1.79. The van der Waals surface area contributed by atoms with Crippen LogP contribution in [0, 0.1) is 6.92 Å². The van der Waals surface area contributed by atoms with Crippen LogP contribution in [0.25, 0.3) is 10.9 Å². The van der Waals surface area contributed by atoms with E-state index in [0.717, 1.165) is 5.52 Å². The number of benzene rings is 1. The van der Waals surface area contributed by atoms with Crippen molar-refractivity contribution in [1.82, 2.24) is 11.1 Å². The smallest absolute Gasteiger partial charge is 0.0704 e. The van der Waals surface area contributed by atoms with Crippen molar-refractivity contribution in [1.29, 1.82) is 0 Å². The lowest BCUT2D eigenvalue weighted by molar-refractivity contribution is 1.37. The largest absolute Gasteiger partial charge is 0.344 e. The molecule has 0 radical (unpaired) electrons. The maximum Gasteiger partial charge on any atom is 0.0704 e. The van der Waals surface area contributed by atoms with Crippen LogP contribution in [0.1, 0.15) is 5.56 Å². The van der Waals surface area contributed by atoms with Gasteiger partial charge < -0.3 is 6.15 Å². The van der Waals surface area contributed by atoms with Crippen molar-refractivity contribution in [3.05, 3.63) is 42.1 Å². The number of pyridine rings is 1.